The van der Waals surface area contributed by atoms with Crippen molar-refractivity contribution in [1.82, 2.24) is 14.8 Å². The van der Waals surface area contributed by atoms with Gasteiger partial charge in [-0.2, -0.15) is 0 Å². The first-order valence-corrected chi connectivity index (χ1v) is 9.32. The Bertz CT molecular complexity index is 756. The summed E-state index contributed by atoms with van der Waals surface area (Å²) in [5.41, 5.74) is 0.579. The predicted molar refractivity (Wildman–Crippen MR) is 95.4 cm³/mol. The van der Waals surface area contributed by atoms with E-state index in [-0.39, 0.29) is 5.78 Å². The molecule has 1 aliphatic rings. The SMILES string of the molecule is COc1ccc(C(=O)CSc2nnc(C(C)C)n2C2CC2)cc1Cl. The second kappa shape index (κ2) is 7.15. The first-order valence-electron chi connectivity index (χ1n) is 7.95. The van der Waals surface area contributed by atoms with Gasteiger partial charge in [0, 0.05) is 17.5 Å². The highest BCUT2D eigenvalue weighted by molar-refractivity contribution is 7.99. The summed E-state index contributed by atoms with van der Waals surface area (Å²) in [6, 6.07) is 5.59. The zero-order valence-corrected chi connectivity index (χ0v) is 15.5. The van der Waals surface area contributed by atoms with Crippen molar-refractivity contribution in [1.29, 1.82) is 0 Å². The number of benzene rings is 1. The lowest BCUT2D eigenvalue weighted by Gasteiger charge is -2.10. The largest absolute Gasteiger partial charge is 0.495 e. The Morgan fingerprint density at radius 3 is 2.75 bits per heavy atom. The number of nitrogens with zero attached hydrogens (tertiary/aromatic N) is 3. The second-order valence-electron chi connectivity index (χ2n) is 6.16. The molecule has 0 amide bonds. The van der Waals surface area contributed by atoms with Gasteiger partial charge in [0.15, 0.2) is 10.9 Å². The maximum Gasteiger partial charge on any atom is 0.191 e. The monoisotopic (exact) mass is 365 g/mol. The first kappa shape index (κ1) is 17.3. The number of carbonyl (C=O) groups is 1. The highest BCUT2D eigenvalue weighted by atomic mass is 35.5. The Hall–Kier alpha value is -1.53. The van der Waals surface area contributed by atoms with Crippen LogP contribution in [-0.2, 0) is 0 Å². The van der Waals surface area contributed by atoms with Gasteiger partial charge in [-0.1, -0.05) is 37.2 Å². The van der Waals surface area contributed by atoms with E-state index < -0.39 is 0 Å². The zero-order chi connectivity index (χ0) is 17.3. The molecule has 1 aromatic heterocycles. The van der Waals surface area contributed by atoms with Crippen LogP contribution in [0.15, 0.2) is 23.4 Å². The average Bonchev–Trinajstić information content (AvgIpc) is 3.31. The number of thioether (sulfide) groups is 1. The number of halogens is 1. The number of ketones is 1. The summed E-state index contributed by atoms with van der Waals surface area (Å²) in [5, 5.41) is 9.86. The van der Waals surface area contributed by atoms with Gasteiger partial charge in [-0.25, -0.2) is 0 Å². The van der Waals surface area contributed by atoms with Crippen LogP contribution in [0.25, 0.3) is 0 Å². The number of carbonyl (C=O) groups excluding carboxylic acids is 1. The van der Waals surface area contributed by atoms with E-state index in [4.69, 9.17) is 16.3 Å². The van der Waals surface area contributed by atoms with Gasteiger partial charge < -0.3 is 9.30 Å². The van der Waals surface area contributed by atoms with Crippen LogP contribution >= 0.6 is 23.4 Å². The molecule has 0 atom stereocenters. The number of hydrogen-bond donors (Lipinski definition) is 0. The van der Waals surface area contributed by atoms with Gasteiger partial charge in [0.2, 0.25) is 0 Å². The van der Waals surface area contributed by atoms with Gasteiger partial charge in [0.1, 0.15) is 11.6 Å². The predicted octanol–water partition coefficient (Wildman–Crippen LogP) is 4.37. The van der Waals surface area contributed by atoms with Crippen LogP contribution in [0.1, 0.15) is 54.8 Å². The van der Waals surface area contributed by atoms with Crippen LogP contribution in [-0.4, -0.2) is 33.4 Å². The van der Waals surface area contributed by atoms with Crippen molar-refractivity contribution >= 4 is 29.1 Å². The molecule has 1 saturated carbocycles. The van der Waals surface area contributed by atoms with Crippen LogP contribution in [0.5, 0.6) is 5.75 Å². The van der Waals surface area contributed by atoms with Gasteiger partial charge in [0.05, 0.1) is 17.9 Å². The molecule has 0 saturated heterocycles. The van der Waals surface area contributed by atoms with Crippen molar-refractivity contribution < 1.29 is 9.53 Å². The van der Waals surface area contributed by atoms with Crippen molar-refractivity contribution in [2.24, 2.45) is 0 Å². The van der Waals surface area contributed by atoms with E-state index in [1.807, 2.05) is 0 Å². The number of hydrogen-bond acceptors (Lipinski definition) is 5. The van der Waals surface area contributed by atoms with Gasteiger partial charge >= 0.3 is 0 Å². The lowest BCUT2D eigenvalue weighted by atomic mass is 10.1. The van der Waals surface area contributed by atoms with Gasteiger partial charge in [-0.3, -0.25) is 4.79 Å². The molecule has 1 heterocycles. The summed E-state index contributed by atoms with van der Waals surface area (Å²) in [5.74, 6) is 2.21. The van der Waals surface area contributed by atoms with Gasteiger partial charge in [0.25, 0.3) is 0 Å². The smallest absolute Gasteiger partial charge is 0.191 e. The Labute approximate surface area is 150 Å². The molecule has 0 bridgehead atoms. The average molecular weight is 366 g/mol. The minimum Gasteiger partial charge on any atom is -0.495 e. The van der Waals surface area contributed by atoms with E-state index >= 15 is 0 Å². The van der Waals surface area contributed by atoms with E-state index in [2.05, 4.69) is 28.6 Å². The molecule has 128 valence electrons. The molecule has 24 heavy (non-hydrogen) atoms. The summed E-state index contributed by atoms with van der Waals surface area (Å²) < 4.78 is 7.31. The third-order valence-corrected chi connectivity index (χ3v) is 5.16. The molecule has 1 aliphatic carbocycles. The van der Waals surface area contributed by atoms with Crippen molar-refractivity contribution in [2.75, 3.05) is 12.9 Å². The quantitative estimate of drug-likeness (QED) is 0.538. The summed E-state index contributed by atoms with van der Waals surface area (Å²) >= 11 is 7.53. The minimum absolute atomic E-state index is 0.0148. The summed E-state index contributed by atoms with van der Waals surface area (Å²) in [7, 11) is 1.55. The molecule has 0 aliphatic heterocycles. The molecule has 3 rings (SSSR count). The van der Waals surface area contributed by atoms with E-state index in [9.17, 15) is 4.79 Å². The van der Waals surface area contributed by atoms with Gasteiger partial charge in [-0.05, 0) is 31.0 Å². The summed E-state index contributed by atoms with van der Waals surface area (Å²) in [6.07, 6.45) is 2.32. The lowest BCUT2D eigenvalue weighted by Crippen LogP contribution is -2.07. The van der Waals surface area contributed by atoms with Gasteiger partial charge in [-0.15, -0.1) is 10.2 Å². The Balaban J connectivity index is 1.72. The number of rotatable bonds is 7. The molecule has 0 radical (unpaired) electrons. The number of Topliss-reactive ketones (excluding diaryl/α,β-unsaturated/α-hetero) is 1. The van der Waals surface area contributed by atoms with Crippen molar-refractivity contribution in [3.05, 3.63) is 34.6 Å². The van der Waals surface area contributed by atoms with E-state index in [0.717, 1.165) is 23.8 Å². The topological polar surface area (TPSA) is 57.0 Å². The summed E-state index contributed by atoms with van der Waals surface area (Å²) in [6.45, 7) is 4.23. The van der Waals surface area contributed by atoms with Crippen LogP contribution in [0.4, 0.5) is 0 Å². The first-order chi connectivity index (χ1) is 11.5. The Morgan fingerprint density at radius 2 is 2.17 bits per heavy atom. The van der Waals surface area contributed by atoms with Crippen LogP contribution < -0.4 is 4.74 Å². The maximum atomic E-state index is 12.4. The number of methoxy groups -OCH3 is 1. The van der Waals surface area contributed by atoms with E-state index in [1.165, 1.54) is 11.8 Å². The highest BCUT2D eigenvalue weighted by Gasteiger charge is 2.30. The summed E-state index contributed by atoms with van der Waals surface area (Å²) in [4.78, 5) is 12.4. The molecule has 1 aromatic carbocycles. The zero-order valence-electron chi connectivity index (χ0n) is 14.0. The minimum atomic E-state index is 0.0148. The van der Waals surface area contributed by atoms with Crippen LogP contribution in [0.3, 0.4) is 0 Å². The fourth-order valence-electron chi connectivity index (χ4n) is 2.51. The van der Waals surface area contributed by atoms with Crippen LogP contribution in [0.2, 0.25) is 5.02 Å². The Kier molecular flexibility index (Phi) is 5.15. The molecule has 5 nitrogen and oxygen atoms in total. The van der Waals surface area contributed by atoms with E-state index in [0.29, 0.717) is 34.0 Å². The maximum absolute atomic E-state index is 12.4. The normalized spacial score (nSPS) is 14.2. The lowest BCUT2D eigenvalue weighted by molar-refractivity contribution is 0.102. The molecule has 1 fully saturated rings. The fourth-order valence-corrected chi connectivity index (χ4v) is 3.67. The number of ether oxygens (including phenoxy) is 1. The standard InChI is InChI=1S/C17H20ClN3O2S/c1-10(2)16-19-20-17(21(16)12-5-6-12)24-9-14(22)11-4-7-15(23-3)13(18)8-11/h4,7-8,10,12H,5-6,9H2,1-3H3. The molecule has 0 N–H and O–H groups in total. The molecular weight excluding hydrogens is 346 g/mol. The number of aromatic nitrogens is 3. The fraction of sp³-hybridized carbons (Fsp3) is 0.471. The molecule has 2 aromatic rings. The van der Waals surface area contributed by atoms with E-state index in [1.54, 1.807) is 25.3 Å². The van der Waals surface area contributed by atoms with Crippen molar-refractivity contribution in [3.8, 4) is 5.75 Å². The van der Waals surface area contributed by atoms with Crippen molar-refractivity contribution in [3.63, 3.8) is 0 Å². The third-order valence-electron chi connectivity index (χ3n) is 3.93. The Morgan fingerprint density at radius 1 is 1.42 bits per heavy atom. The molecular formula is C17H20ClN3O2S. The second-order valence-corrected chi connectivity index (χ2v) is 7.51. The molecule has 7 heteroatoms. The van der Waals surface area contributed by atoms with Crippen molar-refractivity contribution in [2.45, 2.75) is 43.8 Å². The highest BCUT2D eigenvalue weighted by Crippen LogP contribution is 2.40. The third kappa shape index (κ3) is 3.59. The van der Waals surface area contributed by atoms with Crippen LogP contribution in [0, 0.1) is 0 Å². The molecule has 0 unspecified atom stereocenters. The molecule has 0 spiro atoms.